The molecule has 0 aromatic carbocycles. The van der Waals surface area contributed by atoms with Crippen LogP contribution in [-0.4, -0.2) is 18.4 Å². The number of unbranched alkanes of at least 4 members (excludes halogenated alkanes) is 3. The van der Waals surface area contributed by atoms with Gasteiger partial charge in [-0.3, -0.25) is 4.79 Å². The second-order valence-electron chi connectivity index (χ2n) is 5.35. The summed E-state index contributed by atoms with van der Waals surface area (Å²) in [5.41, 5.74) is -0.119. The largest absolute Gasteiger partial charge is 0.307 e. The van der Waals surface area contributed by atoms with E-state index in [1.54, 1.807) is 0 Å². The average Bonchev–Trinajstić information content (AvgIpc) is 2.09. The van der Waals surface area contributed by atoms with Crippen LogP contribution in [0.25, 0.3) is 0 Å². The van der Waals surface area contributed by atoms with E-state index in [9.17, 15) is 4.79 Å². The average molecular weight is 211 g/mol. The smallest absolute Gasteiger partial charge is 0.155 e. The molecule has 0 saturated carbocycles. The maximum Gasteiger partial charge on any atom is 0.155 e. The maximum absolute atomic E-state index is 12.0. The predicted molar refractivity (Wildman–Crippen MR) is 64.0 cm³/mol. The molecular weight excluding hydrogens is 186 g/mol. The van der Waals surface area contributed by atoms with Crippen LogP contribution in [0.4, 0.5) is 0 Å². The van der Waals surface area contributed by atoms with Gasteiger partial charge in [0.15, 0.2) is 5.78 Å². The Balaban J connectivity index is 2.26. The third kappa shape index (κ3) is 3.60. The lowest BCUT2D eigenvalue weighted by molar-refractivity contribution is -0.131. The first kappa shape index (κ1) is 12.7. The van der Waals surface area contributed by atoms with Crippen LogP contribution in [0.2, 0.25) is 0 Å². The lowest BCUT2D eigenvalue weighted by Gasteiger charge is -2.34. The van der Waals surface area contributed by atoms with E-state index in [2.05, 4.69) is 26.1 Å². The lowest BCUT2D eigenvalue weighted by Crippen LogP contribution is -2.52. The topological polar surface area (TPSA) is 29.1 Å². The van der Waals surface area contributed by atoms with E-state index in [1.165, 1.54) is 25.7 Å². The molecule has 0 unspecified atom stereocenters. The fourth-order valence-electron chi connectivity index (χ4n) is 2.10. The van der Waals surface area contributed by atoms with Crippen LogP contribution in [0.15, 0.2) is 0 Å². The molecule has 0 bridgehead atoms. The maximum atomic E-state index is 12.0. The van der Waals surface area contributed by atoms with Crippen LogP contribution in [0, 0.1) is 5.41 Å². The molecule has 0 aromatic heterocycles. The molecule has 2 heteroatoms. The minimum absolute atomic E-state index is 0.119. The minimum Gasteiger partial charge on any atom is -0.307 e. The number of nitrogens with one attached hydrogen (secondary N) is 1. The van der Waals surface area contributed by atoms with E-state index in [1.807, 2.05) is 0 Å². The van der Waals surface area contributed by atoms with Gasteiger partial charge in [0.05, 0.1) is 6.04 Å². The molecule has 1 saturated heterocycles. The van der Waals surface area contributed by atoms with Crippen molar-refractivity contribution in [2.45, 2.75) is 65.3 Å². The van der Waals surface area contributed by atoms with Crippen LogP contribution in [0.5, 0.6) is 0 Å². The zero-order valence-electron chi connectivity index (χ0n) is 10.4. The van der Waals surface area contributed by atoms with Gasteiger partial charge in [0, 0.05) is 5.41 Å². The highest BCUT2D eigenvalue weighted by atomic mass is 16.1. The van der Waals surface area contributed by atoms with Gasteiger partial charge in [-0.25, -0.2) is 0 Å². The summed E-state index contributed by atoms with van der Waals surface area (Å²) in [4.78, 5) is 12.0. The van der Waals surface area contributed by atoms with E-state index >= 15 is 0 Å². The first-order valence-corrected chi connectivity index (χ1v) is 6.35. The summed E-state index contributed by atoms with van der Waals surface area (Å²) in [5.74, 6) is 0.422. The molecule has 0 amide bonds. The van der Waals surface area contributed by atoms with Crippen molar-refractivity contribution in [1.29, 1.82) is 0 Å². The first-order chi connectivity index (χ1) is 7.08. The molecule has 0 aromatic rings. The van der Waals surface area contributed by atoms with Crippen LogP contribution in [0.1, 0.15) is 59.3 Å². The van der Waals surface area contributed by atoms with Crippen LogP contribution in [-0.2, 0) is 4.79 Å². The van der Waals surface area contributed by atoms with Gasteiger partial charge in [-0.15, -0.1) is 0 Å². The minimum atomic E-state index is -0.119. The van der Waals surface area contributed by atoms with Crippen molar-refractivity contribution in [1.82, 2.24) is 5.32 Å². The molecule has 1 rings (SSSR count). The Kier molecular flexibility index (Phi) is 4.78. The number of carbonyl (C=O) groups excluding carboxylic acids is 1. The number of ketones is 1. The van der Waals surface area contributed by atoms with E-state index in [0.29, 0.717) is 5.78 Å². The molecule has 0 aliphatic carbocycles. The van der Waals surface area contributed by atoms with Gasteiger partial charge < -0.3 is 5.32 Å². The van der Waals surface area contributed by atoms with Crippen LogP contribution in [0.3, 0.4) is 0 Å². The molecule has 1 heterocycles. The zero-order chi connectivity index (χ0) is 11.3. The highest BCUT2D eigenvalue weighted by Gasteiger charge is 2.35. The van der Waals surface area contributed by atoms with Gasteiger partial charge in [0.25, 0.3) is 0 Å². The molecule has 88 valence electrons. The van der Waals surface area contributed by atoms with Crippen molar-refractivity contribution in [3.8, 4) is 0 Å². The summed E-state index contributed by atoms with van der Waals surface area (Å²) in [5, 5.41) is 3.20. The molecule has 1 N–H and O–H groups in total. The fourth-order valence-corrected chi connectivity index (χ4v) is 2.10. The summed E-state index contributed by atoms with van der Waals surface area (Å²) < 4.78 is 0. The summed E-state index contributed by atoms with van der Waals surface area (Å²) in [6.45, 7) is 7.43. The molecule has 1 aliphatic heterocycles. The first-order valence-electron chi connectivity index (χ1n) is 6.35. The Labute approximate surface area is 93.8 Å². The van der Waals surface area contributed by atoms with Gasteiger partial charge >= 0.3 is 0 Å². The summed E-state index contributed by atoms with van der Waals surface area (Å²) in [6.07, 6.45) is 7.11. The zero-order valence-corrected chi connectivity index (χ0v) is 10.4. The number of hydrogen-bond donors (Lipinski definition) is 1. The van der Waals surface area contributed by atoms with E-state index < -0.39 is 0 Å². The number of Topliss-reactive ketones (excluding diaryl/α,β-unsaturated/α-hetero) is 1. The van der Waals surface area contributed by atoms with Crippen molar-refractivity contribution in [2.24, 2.45) is 5.41 Å². The Morgan fingerprint density at radius 2 is 2.00 bits per heavy atom. The highest BCUT2D eigenvalue weighted by Crippen LogP contribution is 2.28. The molecule has 15 heavy (non-hydrogen) atoms. The Bertz CT molecular complexity index is 207. The Hall–Kier alpha value is -0.370. The van der Waals surface area contributed by atoms with Crippen molar-refractivity contribution >= 4 is 5.78 Å². The van der Waals surface area contributed by atoms with Gasteiger partial charge in [0.2, 0.25) is 0 Å². The SMILES string of the molecule is CCCCCCC(C)(C)C(=O)[C@@H]1CCN1. The molecule has 1 fully saturated rings. The Morgan fingerprint density at radius 3 is 2.47 bits per heavy atom. The molecule has 2 nitrogen and oxygen atoms in total. The molecule has 0 spiro atoms. The van der Waals surface area contributed by atoms with Crippen LogP contribution >= 0.6 is 0 Å². The second-order valence-corrected chi connectivity index (χ2v) is 5.35. The fraction of sp³-hybridized carbons (Fsp3) is 0.923. The van der Waals surface area contributed by atoms with Crippen molar-refractivity contribution in [2.75, 3.05) is 6.54 Å². The summed E-state index contributed by atoms with van der Waals surface area (Å²) in [7, 11) is 0. The van der Waals surface area contributed by atoms with Gasteiger partial charge in [-0.05, 0) is 19.4 Å². The molecular formula is C13H25NO. The molecule has 0 radical (unpaired) electrons. The van der Waals surface area contributed by atoms with E-state index in [4.69, 9.17) is 0 Å². The van der Waals surface area contributed by atoms with E-state index in [-0.39, 0.29) is 11.5 Å². The highest BCUT2D eigenvalue weighted by molar-refractivity contribution is 5.89. The van der Waals surface area contributed by atoms with Crippen molar-refractivity contribution in [3.05, 3.63) is 0 Å². The third-order valence-corrected chi connectivity index (χ3v) is 3.46. The van der Waals surface area contributed by atoms with Crippen molar-refractivity contribution in [3.63, 3.8) is 0 Å². The number of rotatable bonds is 7. The monoisotopic (exact) mass is 211 g/mol. The number of carbonyl (C=O) groups is 1. The van der Waals surface area contributed by atoms with Crippen LogP contribution < -0.4 is 5.32 Å². The van der Waals surface area contributed by atoms with Gasteiger partial charge in [-0.1, -0.05) is 46.5 Å². The quantitative estimate of drug-likeness (QED) is 0.656. The molecule has 1 atom stereocenters. The predicted octanol–water partition coefficient (Wildman–Crippen LogP) is 2.91. The van der Waals surface area contributed by atoms with Gasteiger partial charge in [-0.2, -0.15) is 0 Å². The van der Waals surface area contributed by atoms with Crippen molar-refractivity contribution < 1.29 is 4.79 Å². The normalized spacial score (nSPS) is 21.1. The number of hydrogen-bond acceptors (Lipinski definition) is 2. The summed E-state index contributed by atoms with van der Waals surface area (Å²) in [6, 6.07) is 0.158. The second kappa shape index (κ2) is 5.64. The lowest BCUT2D eigenvalue weighted by atomic mass is 9.77. The third-order valence-electron chi connectivity index (χ3n) is 3.46. The Morgan fingerprint density at radius 1 is 1.33 bits per heavy atom. The van der Waals surface area contributed by atoms with E-state index in [0.717, 1.165) is 19.4 Å². The summed E-state index contributed by atoms with van der Waals surface area (Å²) >= 11 is 0. The van der Waals surface area contributed by atoms with Gasteiger partial charge in [0.1, 0.15) is 0 Å². The standard InChI is InChI=1S/C13H25NO/c1-4-5-6-7-9-13(2,3)12(15)11-8-10-14-11/h11,14H,4-10H2,1-3H3/t11-/m0/s1. The molecule has 1 aliphatic rings.